The van der Waals surface area contributed by atoms with Crippen LogP contribution in [0.5, 0.6) is 0 Å². The van der Waals surface area contributed by atoms with E-state index >= 15 is 0 Å². The van der Waals surface area contributed by atoms with Crippen molar-refractivity contribution in [2.75, 3.05) is 0 Å². The summed E-state index contributed by atoms with van der Waals surface area (Å²) in [6, 6.07) is 2.66. The number of nitrogens with zero attached hydrogens (tertiary/aromatic N) is 2. The largest absolute Gasteiger partial charge is 0.324 e. The molecule has 0 spiro atoms. The first-order chi connectivity index (χ1) is 8.91. The molecule has 1 aromatic carbocycles. The zero-order chi connectivity index (χ0) is 14.2. The summed E-state index contributed by atoms with van der Waals surface area (Å²) in [7, 11) is 0. The highest BCUT2D eigenvalue weighted by Gasteiger charge is 2.20. The molecule has 0 aliphatic rings. The summed E-state index contributed by atoms with van der Waals surface area (Å²) < 4.78 is 27.7. The van der Waals surface area contributed by atoms with Crippen molar-refractivity contribution in [3.63, 3.8) is 0 Å². The average Bonchev–Trinajstić information content (AvgIpc) is 2.72. The first kappa shape index (κ1) is 13.4. The molecule has 1 unspecified atom stereocenters. The summed E-state index contributed by atoms with van der Waals surface area (Å²) in [5, 5.41) is 0. The molecule has 0 fully saturated rings. The summed E-state index contributed by atoms with van der Waals surface area (Å²) in [6.45, 7) is 5.41. The van der Waals surface area contributed by atoms with Crippen LogP contribution >= 0.6 is 0 Å². The molecule has 1 heterocycles. The third-order valence-electron chi connectivity index (χ3n) is 3.29. The molecule has 0 aliphatic heterocycles. The molecule has 0 N–H and O–H groups in total. The second-order valence-electron chi connectivity index (χ2n) is 4.49. The molecule has 100 valence electrons. The number of hydrogen-bond donors (Lipinski definition) is 0. The number of hydrogen-bond acceptors (Lipinski definition) is 2. The molecule has 0 aliphatic carbocycles. The van der Waals surface area contributed by atoms with Crippen molar-refractivity contribution in [3.8, 4) is 0 Å². The predicted molar refractivity (Wildman–Crippen MR) is 67.1 cm³/mol. The quantitative estimate of drug-likeness (QED) is 0.798. The van der Waals surface area contributed by atoms with Crippen molar-refractivity contribution in [1.29, 1.82) is 0 Å². The zero-order valence-corrected chi connectivity index (χ0v) is 10.9. The molecule has 0 radical (unpaired) electrons. The van der Waals surface area contributed by atoms with Gasteiger partial charge in [-0.15, -0.1) is 0 Å². The molecule has 3 nitrogen and oxygen atoms in total. The lowest BCUT2D eigenvalue weighted by atomic mass is 10.0. The van der Waals surface area contributed by atoms with Crippen LogP contribution in [0.4, 0.5) is 8.78 Å². The average molecular weight is 264 g/mol. The number of aromatic nitrogens is 2. The Morgan fingerprint density at radius 3 is 2.47 bits per heavy atom. The van der Waals surface area contributed by atoms with Gasteiger partial charge in [-0.3, -0.25) is 4.79 Å². The van der Waals surface area contributed by atoms with Crippen LogP contribution in [0, 0.1) is 25.5 Å². The molecule has 2 rings (SSSR count). The Balaban J connectivity index is 2.33. The highest BCUT2D eigenvalue weighted by molar-refractivity contribution is 5.98. The maximum absolute atomic E-state index is 13.1. The Bertz CT molecular complexity index is 634. The van der Waals surface area contributed by atoms with E-state index in [-0.39, 0.29) is 11.3 Å². The van der Waals surface area contributed by atoms with Crippen molar-refractivity contribution < 1.29 is 13.6 Å². The molecule has 19 heavy (non-hydrogen) atoms. The maximum atomic E-state index is 13.1. The summed E-state index contributed by atoms with van der Waals surface area (Å²) in [5.41, 5.74) is 1.87. The minimum Gasteiger partial charge on any atom is -0.324 e. The summed E-state index contributed by atoms with van der Waals surface area (Å²) in [5.74, 6) is -2.25. The van der Waals surface area contributed by atoms with Crippen molar-refractivity contribution in [1.82, 2.24) is 9.55 Å². The fourth-order valence-electron chi connectivity index (χ4n) is 1.92. The Morgan fingerprint density at radius 1 is 1.26 bits per heavy atom. The monoisotopic (exact) mass is 264 g/mol. The SMILES string of the molecule is Cc1ncn(C(C)C(=O)c2ccc(F)c(F)c2)c1C. The van der Waals surface area contributed by atoms with Gasteiger partial charge in [-0.05, 0) is 39.0 Å². The molecule has 5 heteroatoms. The normalized spacial score (nSPS) is 12.5. The van der Waals surface area contributed by atoms with E-state index in [0.29, 0.717) is 0 Å². The predicted octanol–water partition coefficient (Wildman–Crippen LogP) is 3.22. The smallest absolute Gasteiger partial charge is 0.185 e. The van der Waals surface area contributed by atoms with E-state index in [1.165, 1.54) is 6.07 Å². The molecule has 0 amide bonds. The van der Waals surface area contributed by atoms with Gasteiger partial charge in [0.2, 0.25) is 0 Å². The number of rotatable bonds is 3. The molecule has 0 saturated heterocycles. The van der Waals surface area contributed by atoms with E-state index in [4.69, 9.17) is 0 Å². The number of halogens is 2. The van der Waals surface area contributed by atoms with Crippen molar-refractivity contribution in [2.24, 2.45) is 0 Å². The van der Waals surface area contributed by atoms with E-state index in [1.54, 1.807) is 17.8 Å². The van der Waals surface area contributed by atoms with Crippen LogP contribution in [0.1, 0.15) is 34.7 Å². The highest BCUT2D eigenvalue weighted by Crippen LogP contribution is 2.19. The molecule has 2 aromatic rings. The van der Waals surface area contributed by atoms with Crippen LogP contribution in [0.25, 0.3) is 0 Å². The zero-order valence-electron chi connectivity index (χ0n) is 10.9. The van der Waals surface area contributed by atoms with E-state index in [9.17, 15) is 13.6 Å². The number of ketones is 1. The third kappa shape index (κ3) is 2.41. The molecule has 1 aromatic heterocycles. The first-order valence-corrected chi connectivity index (χ1v) is 5.91. The van der Waals surface area contributed by atoms with Gasteiger partial charge in [-0.2, -0.15) is 0 Å². The summed E-state index contributed by atoms with van der Waals surface area (Å²) in [4.78, 5) is 16.4. The standard InChI is InChI=1S/C14H14F2N2O/c1-8-9(2)18(7-17-8)10(3)14(19)11-4-5-12(15)13(16)6-11/h4-7,10H,1-3H3. The molecule has 0 bridgehead atoms. The van der Waals surface area contributed by atoms with E-state index in [2.05, 4.69) is 4.98 Å². The highest BCUT2D eigenvalue weighted by atomic mass is 19.2. The fraction of sp³-hybridized carbons (Fsp3) is 0.286. The van der Waals surface area contributed by atoms with Crippen LogP contribution in [-0.4, -0.2) is 15.3 Å². The van der Waals surface area contributed by atoms with E-state index in [0.717, 1.165) is 23.5 Å². The van der Waals surface area contributed by atoms with Crippen LogP contribution < -0.4 is 0 Å². The number of benzene rings is 1. The summed E-state index contributed by atoms with van der Waals surface area (Å²) in [6.07, 6.45) is 1.58. The Kier molecular flexibility index (Phi) is 3.46. The lowest BCUT2D eigenvalue weighted by Crippen LogP contribution is -2.17. The topological polar surface area (TPSA) is 34.9 Å². The first-order valence-electron chi connectivity index (χ1n) is 5.91. The van der Waals surface area contributed by atoms with Gasteiger partial charge in [-0.25, -0.2) is 13.8 Å². The van der Waals surface area contributed by atoms with Gasteiger partial charge >= 0.3 is 0 Å². The van der Waals surface area contributed by atoms with Crippen LogP contribution in [0.2, 0.25) is 0 Å². The van der Waals surface area contributed by atoms with Crippen molar-refractivity contribution >= 4 is 5.78 Å². The number of imidazole rings is 1. The molecular weight excluding hydrogens is 250 g/mol. The Hall–Kier alpha value is -2.04. The lowest BCUT2D eigenvalue weighted by Gasteiger charge is -2.14. The lowest BCUT2D eigenvalue weighted by molar-refractivity contribution is 0.0933. The maximum Gasteiger partial charge on any atom is 0.185 e. The Morgan fingerprint density at radius 2 is 1.95 bits per heavy atom. The second kappa shape index (κ2) is 4.91. The van der Waals surface area contributed by atoms with E-state index < -0.39 is 17.7 Å². The number of aryl methyl sites for hydroxylation is 1. The number of carbonyl (C=O) groups is 1. The Labute approximate surface area is 109 Å². The molecule has 0 saturated carbocycles. The summed E-state index contributed by atoms with van der Waals surface area (Å²) >= 11 is 0. The van der Waals surface area contributed by atoms with Gasteiger partial charge in [0.1, 0.15) is 0 Å². The minimum absolute atomic E-state index is 0.150. The fourth-order valence-corrected chi connectivity index (χ4v) is 1.92. The van der Waals surface area contributed by atoms with Gasteiger partial charge in [0.25, 0.3) is 0 Å². The van der Waals surface area contributed by atoms with Gasteiger partial charge in [-0.1, -0.05) is 0 Å². The van der Waals surface area contributed by atoms with Gasteiger partial charge < -0.3 is 4.57 Å². The number of carbonyl (C=O) groups excluding carboxylic acids is 1. The minimum atomic E-state index is -1.02. The van der Waals surface area contributed by atoms with Crippen LogP contribution in [0.15, 0.2) is 24.5 Å². The van der Waals surface area contributed by atoms with Gasteiger partial charge in [0.05, 0.1) is 18.1 Å². The number of Topliss-reactive ketones (excluding diaryl/α,β-unsaturated/α-hetero) is 1. The van der Waals surface area contributed by atoms with Gasteiger partial charge in [0.15, 0.2) is 17.4 Å². The van der Waals surface area contributed by atoms with Crippen LogP contribution in [-0.2, 0) is 0 Å². The molecule has 1 atom stereocenters. The third-order valence-corrected chi connectivity index (χ3v) is 3.29. The van der Waals surface area contributed by atoms with E-state index in [1.807, 2.05) is 13.8 Å². The van der Waals surface area contributed by atoms with Crippen molar-refractivity contribution in [3.05, 3.63) is 53.1 Å². The van der Waals surface area contributed by atoms with Crippen molar-refractivity contribution in [2.45, 2.75) is 26.8 Å². The second-order valence-corrected chi connectivity index (χ2v) is 4.49. The van der Waals surface area contributed by atoms with Gasteiger partial charge in [0, 0.05) is 11.3 Å². The molecular formula is C14H14F2N2O. The van der Waals surface area contributed by atoms with Crippen LogP contribution in [0.3, 0.4) is 0 Å².